The van der Waals surface area contributed by atoms with Crippen molar-refractivity contribution in [3.8, 4) is 0 Å². The van der Waals surface area contributed by atoms with Crippen LogP contribution in [-0.4, -0.2) is 33.9 Å². The lowest BCUT2D eigenvalue weighted by atomic mass is 10.0. The molecule has 0 radical (unpaired) electrons. The molecule has 3 rings (SSSR count). The number of nitrogens with two attached hydrogens (primary N) is 1. The molecule has 1 saturated heterocycles. The lowest BCUT2D eigenvalue weighted by Gasteiger charge is -2.21. The first kappa shape index (κ1) is 18.5. The number of Topliss-reactive ketones (excluding diaryl/α,β-unsaturated/α-hetero) is 1. The van der Waals surface area contributed by atoms with Crippen molar-refractivity contribution in [2.24, 2.45) is 10.7 Å². The van der Waals surface area contributed by atoms with Crippen LogP contribution in [0.1, 0.15) is 33.6 Å². The maximum absolute atomic E-state index is 13.0. The number of anilines is 1. The third-order valence-corrected chi connectivity index (χ3v) is 5.22. The van der Waals surface area contributed by atoms with Crippen molar-refractivity contribution < 1.29 is 4.79 Å². The minimum Gasteiger partial charge on any atom is -0.396 e. The Balaban J connectivity index is 2.23. The van der Waals surface area contributed by atoms with E-state index in [9.17, 15) is 9.59 Å². The summed E-state index contributed by atoms with van der Waals surface area (Å²) in [6.45, 7) is 8.62. The van der Waals surface area contributed by atoms with Gasteiger partial charge in [0, 0.05) is 31.8 Å². The third kappa shape index (κ3) is 2.90. The summed E-state index contributed by atoms with van der Waals surface area (Å²) in [4.78, 5) is 31.7. The molecule has 8 heteroatoms. The second kappa shape index (κ2) is 7.15. The smallest absolute Gasteiger partial charge is 0.294 e. The fourth-order valence-corrected chi connectivity index (χ4v) is 3.75. The number of nitrogens with zero attached hydrogens (tertiary/aromatic N) is 4. The minimum atomic E-state index is -0.306. The van der Waals surface area contributed by atoms with Crippen molar-refractivity contribution in [1.82, 2.24) is 9.36 Å². The molecule has 140 valence electrons. The summed E-state index contributed by atoms with van der Waals surface area (Å²) < 4.78 is 3.66. The zero-order valence-corrected chi connectivity index (χ0v) is 16.1. The Kier molecular flexibility index (Phi) is 5.09. The molecular formula is C18H24ClN5O2. The Morgan fingerprint density at radius 3 is 2.35 bits per heavy atom. The van der Waals surface area contributed by atoms with Crippen molar-refractivity contribution >= 4 is 34.6 Å². The fourth-order valence-electron chi connectivity index (χ4n) is 3.51. The first-order valence-corrected chi connectivity index (χ1v) is 9.34. The van der Waals surface area contributed by atoms with E-state index >= 15 is 0 Å². The Morgan fingerprint density at radius 2 is 1.77 bits per heavy atom. The van der Waals surface area contributed by atoms with Crippen LogP contribution in [0.5, 0.6) is 0 Å². The van der Waals surface area contributed by atoms with Gasteiger partial charge in [-0.2, -0.15) is 0 Å². The van der Waals surface area contributed by atoms with Crippen LogP contribution in [-0.2, 0) is 17.9 Å². The maximum Gasteiger partial charge on any atom is 0.294 e. The summed E-state index contributed by atoms with van der Waals surface area (Å²) in [6.07, 6.45) is 3.77. The van der Waals surface area contributed by atoms with E-state index in [2.05, 4.69) is 9.89 Å². The fraction of sp³-hybridized carbons (Fsp3) is 0.500. The van der Waals surface area contributed by atoms with Crippen LogP contribution in [0.2, 0.25) is 0 Å². The van der Waals surface area contributed by atoms with Gasteiger partial charge < -0.3 is 10.6 Å². The lowest BCUT2D eigenvalue weighted by Crippen LogP contribution is -2.25. The van der Waals surface area contributed by atoms with Gasteiger partial charge in [-0.05, 0) is 39.7 Å². The van der Waals surface area contributed by atoms with Gasteiger partial charge in [-0.25, -0.2) is 9.67 Å². The van der Waals surface area contributed by atoms with Crippen molar-refractivity contribution in [2.45, 2.75) is 46.7 Å². The largest absolute Gasteiger partial charge is 0.396 e. The molecule has 0 spiro atoms. The van der Waals surface area contributed by atoms with Gasteiger partial charge in [-0.3, -0.25) is 14.3 Å². The van der Waals surface area contributed by atoms with E-state index in [1.54, 1.807) is 17.7 Å². The van der Waals surface area contributed by atoms with Crippen molar-refractivity contribution in [3.63, 3.8) is 0 Å². The molecule has 1 aliphatic carbocycles. The van der Waals surface area contributed by atoms with Gasteiger partial charge in [0.2, 0.25) is 5.78 Å². The quantitative estimate of drug-likeness (QED) is 0.816. The highest BCUT2D eigenvalue weighted by atomic mass is 35.5. The number of ketones is 1. The zero-order valence-electron chi connectivity index (χ0n) is 15.4. The third-order valence-electron chi connectivity index (χ3n) is 4.84. The molecule has 0 bridgehead atoms. The van der Waals surface area contributed by atoms with Gasteiger partial charge in [0.05, 0.1) is 11.4 Å². The first-order valence-electron chi connectivity index (χ1n) is 8.96. The molecule has 0 amide bonds. The Morgan fingerprint density at radius 1 is 1.15 bits per heavy atom. The number of aromatic nitrogens is 2. The molecule has 0 saturated carbocycles. The summed E-state index contributed by atoms with van der Waals surface area (Å²) >= 11 is 6.06. The van der Waals surface area contributed by atoms with Crippen LogP contribution in [0.4, 0.5) is 11.5 Å². The summed E-state index contributed by atoms with van der Waals surface area (Å²) in [5.41, 5.74) is 7.14. The van der Waals surface area contributed by atoms with E-state index in [4.69, 9.17) is 17.3 Å². The molecular weight excluding hydrogens is 354 g/mol. The highest BCUT2D eigenvalue weighted by Gasteiger charge is 2.27. The van der Waals surface area contributed by atoms with Crippen LogP contribution in [0.15, 0.2) is 32.2 Å². The van der Waals surface area contributed by atoms with Gasteiger partial charge in [0.1, 0.15) is 5.03 Å². The van der Waals surface area contributed by atoms with E-state index in [0.29, 0.717) is 30.1 Å². The molecule has 2 aliphatic rings. The second-order valence-electron chi connectivity index (χ2n) is 6.48. The van der Waals surface area contributed by atoms with Crippen molar-refractivity contribution in [2.75, 3.05) is 18.0 Å². The van der Waals surface area contributed by atoms with E-state index in [1.807, 2.05) is 18.5 Å². The van der Waals surface area contributed by atoms with E-state index in [-0.39, 0.29) is 22.1 Å². The predicted octanol–water partition coefficient (Wildman–Crippen LogP) is 2.30. The number of hydrogen-bond donors (Lipinski definition) is 1. The predicted molar refractivity (Wildman–Crippen MR) is 104 cm³/mol. The molecule has 1 fully saturated rings. The van der Waals surface area contributed by atoms with Crippen LogP contribution in [0, 0.1) is 0 Å². The Hall–Kier alpha value is -2.28. The summed E-state index contributed by atoms with van der Waals surface area (Å²) in [5.74, 6) is 0.510. The molecule has 0 unspecified atom stereocenters. The number of carbonyl (C=O) groups is 1. The summed E-state index contributed by atoms with van der Waals surface area (Å²) in [5, 5.41) is -0.0442. The van der Waals surface area contributed by atoms with Crippen molar-refractivity contribution in [1.29, 1.82) is 0 Å². The van der Waals surface area contributed by atoms with Gasteiger partial charge in [-0.1, -0.05) is 11.6 Å². The molecule has 1 aromatic rings. The SMILES string of the molecule is CCn1c(N2CCCC2)c(/N=C2\C=C(C)C(=O)C(Cl)=C2N)c(=O)n1CC. The van der Waals surface area contributed by atoms with Gasteiger partial charge in [0.15, 0.2) is 11.5 Å². The monoisotopic (exact) mass is 377 g/mol. The summed E-state index contributed by atoms with van der Waals surface area (Å²) in [7, 11) is 0. The van der Waals surface area contributed by atoms with Crippen molar-refractivity contribution in [3.05, 3.63) is 32.7 Å². The van der Waals surface area contributed by atoms with Crippen LogP contribution < -0.4 is 16.2 Å². The highest BCUT2D eigenvalue weighted by molar-refractivity contribution is 6.49. The van der Waals surface area contributed by atoms with Gasteiger partial charge in [-0.15, -0.1) is 0 Å². The number of halogens is 1. The van der Waals surface area contributed by atoms with E-state index in [1.165, 1.54) is 0 Å². The van der Waals surface area contributed by atoms with E-state index in [0.717, 1.165) is 31.7 Å². The van der Waals surface area contributed by atoms with E-state index < -0.39 is 0 Å². The number of allylic oxidation sites excluding steroid dienone is 3. The average Bonchev–Trinajstić information content (AvgIpc) is 3.24. The number of aliphatic imine (C=N–C) groups is 1. The molecule has 2 N–H and O–H groups in total. The molecule has 1 aromatic heterocycles. The molecule has 1 aliphatic heterocycles. The average molecular weight is 378 g/mol. The second-order valence-corrected chi connectivity index (χ2v) is 6.86. The van der Waals surface area contributed by atoms with Crippen LogP contribution in [0.3, 0.4) is 0 Å². The van der Waals surface area contributed by atoms with Crippen LogP contribution >= 0.6 is 11.6 Å². The molecule has 0 atom stereocenters. The van der Waals surface area contributed by atoms with Gasteiger partial charge >= 0.3 is 0 Å². The molecule has 0 aromatic carbocycles. The Labute approximate surface area is 157 Å². The standard InChI is InChI=1S/C18H24ClN5O2/c1-4-23-17(22-8-6-7-9-22)15(18(26)24(23)5-2)21-12-10-11(3)16(25)13(19)14(12)20/h10H,4-9,20H2,1-3H3/b21-12+. The lowest BCUT2D eigenvalue weighted by molar-refractivity contribution is -0.111. The normalized spacial score (nSPS) is 19.7. The zero-order chi connectivity index (χ0) is 19.0. The maximum atomic E-state index is 13.0. The number of rotatable bonds is 4. The molecule has 7 nitrogen and oxygen atoms in total. The molecule has 26 heavy (non-hydrogen) atoms. The number of carbonyl (C=O) groups excluding carboxylic acids is 1. The number of hydrogen-bond acceptors (Lipinski definition) is 5. The molecule has 2 heterocycles. The minimum absolute atomic E-state index is 0.0442. The summed E-state index contributed by atoms with van der Waals surface area (Å²) in [6, 6.07) is 0. The van der Waals surface area contributed by atoms with Crippen LogP contribution in [0.25, 0.3) is 0 Å². The highest BCUT2D eigenvalue weighted by Crippen LogP contribution is 2.31. The topological polar surface area (TPSA) is 85.6 Å². The first-order chi connectivity index (χ1) is 12.4. The van der Waals surface area contributed by atoms with Gasteiger partial charge in [0.25, 0.3) is 5.56 Å². The Bertz CT molecular complexity index is 897.